The van der Waals surface area contributed by atoms with Gasteiger partial charge in [-0.2, -0.15) is 0 Å². The van der Waals surface area contributed by atoms with Crippen molar-refractivity contribution in [1.29, 1.82) is 0 Å². The quantitative estimate of drug-likeness (QED) is 0.860. The van der Waals surface area contributed by atoms with Gasteiger partial charge in [-0.15, -0.1) is 0 Å². The van der Waals surface area contributed by atoms with Crippen molar-refractivity contribution in [3.63, 3.8) is 0 Å². The lowest BCUT2D eigenvalue weighted by Gasteiger charge is -2.41. The molecular formula is C16H25NO. The van der Waals surface area contributed by atoms with Crippen molar-refractivity contribution in [2.75, 3.05) is 13.2 Å². The van der Waals surface area contributed by atoms with E-state index in [2.05, 4.69) is 49.5 Å². The van der Waals surface area contributed by atoms with E-state index in [1.807, 2.05) is 0 Å². The average molecular weight is 247 g/mol. The summed E-state index contributed by atoms with van der Waals surface area (Å²) < 4.78 is 6.23. The van der Waals surface area contributed by atoms with Gasteiger partial charge in [0.25, 0.3) is 0 Å². The van der Waals surface area contributed by atoms with E-state index in [9.17, 15) is 0 Å². The molecule has 2 nitrogen and oxygen atoms in total. The maximum Gasteiger partial charge on any atom is 0.0946 e. The van der Waals surface area contributed by atoms with Gasteiger partial charge in [0.1, 0.15) is 0 Å². The molecule has 2 rings (SSSR count). The molecule has 1 aromatic rings. The second-order valence-corrected chi connectivity index (χ2v) is 5.21. The molecule has 1 aromatic carbocycles. The van der Waals surface area contributed by atoms with E-state index in [4.69, 9.17) is 4.74 Å². The number of rotatable bonds is 5. The van der Waals surface area contributed by atoms with E-state index in [1.165, 1.54) is 5.56 Å². The summed E-state index contributed by atoms with van der Waals surface area (Å²) in [4.78, 5) is 0. The van der Waals surface area contributed by atoms with Crippen LogP contribution in [0.25, 0.3) is 0 Å². The average Bonchev–Trinajstić information content (AvgIpc) is 2.41. The van der Waals surface area contributed by atoms with Gasteiger partial charge in [0.2, 0.25) is 0 Å². The van der Waals surface area contributed by atoms with E-state index >= 15 is 0 Å². The Hall–Kier alpha value is -0.860. The van der Waals surface area contributed by atoms with Gasteiger partial charge < -0.3 is 10.1 Å². The number of benzene rings is 1. The highest BCUT2D eigenvalue weighted by molar-refractivity contribution is 5.23. The molecule has 2 heteroatoms. The first-order chi connectivity index (χ1) is 8.80. The van der Waals surface area contributed by atoms with Gasteiger partial charge in [-0.05, 0) is 31.4 Å². The van der Waals surface area contributed by atoms with Crippen molar-refractivity contribution >= 4 is 0 Å². The Balaban J connectivity index is 2.21. The zero-order valence-electron chi connectivity index (χ0n) is 11.6. The Labute approximate surface area is 111 Å². The predicted octanol–water partition coefficient (Wildman–Crippen LogP) is 3.47. The van der Waals surface area contributed by atoms with Gasteiger partial charge in [0.15, 0.2) is 0 Å². The Kier molecular flexibility index (Phi) is 4.79. The molecule has 1 saturated heterocycles. The highest BCUT2D eigenvalue weighted by Gasteiger charge is 2.37. The maximum atomic E-state index is 6.23. The van der Waals surface area contributed by atoms with E-state index in [0.717, 1.165) is 38.8 Å². The zero-order chi connectivity index (χ0) is 12.8. The third-order valence-corrected chi connectivity index (χ3v) is 3.87. The van der Waals surface area contributed by atoms with Gasteiger partial charge in [0, 0.05) is 12.6 Å². The van der Waals surface area contributed by atoms with Crippen LogP contribution in [0.15, 0.2) is 30.3 Å². The van der Waals surface area contributed by atoms with Crippen LogP contribution in [-0.4, -0.2) is 19.2 Å². The SMILES string of the molecule is CCCC1(c2ccccc2)CC(NCC)CCO1. The van der Waals surface area contributed by atoms with E-state index in [-0.39, 0.29) is 5.60 Å². The molecule has 0 aromatic heterocycles. The van der Waals surface area contributed by atoms with Gasteiger partial charge in [-0.25, -0.2) is 0 Å². The molecule has 0 bridgehead atoms. The van der Waals surface area contributed by atoms with Gasteiger partial charge >= 0.3 is 0 Å². The summed E-state index contributed by atoms with van der Waals surface area (Å²) in [7, 11) is 0. The van der Waals surface area contributed by atoms with Crippen LogP contribution < -0.4 is 5.32 Å². The standard InChI is InChI=1S/C16H25NO/c1-3-11-16(14-8-6-5-7-9-14)13-15(17-4-2)10-12-18-16/h5-9,15,17H,3-4,10-13H2,1-2H3. The Morgan fingerprint density at radius 1 is 1.28 bits per heavy atom. The zero-order valence-corrected chi connectivity index (χ0v) is 11.6. The Bertz CT molecular complexity index is 345. The van der Waals surface area contributed by atoms with E-state index in [0.29, 0.717) is 6.04 Å². The summed E-state index contributed by atoms with van der Waals surface area (Å²) in [6, 6.07) is 11.3. The van der Waals surface area contributed by atoms with Crippen molar-refractivity contribution in [2.45, 2.75) is 51.2 Å². The molecule has 1 N–H and O–H groups in total. The molecule has 18 heavy (non-hydrogen) atoms. The van der Waals surface area contributed by atoms with Crippen LogP contribution in [0.2, 0.25) is 0 Å². The summed E-state index contributed by atoms with van der Waals surface area (Å²) in [5.74, 6) is 0. The number of hydrogen-bond donors (Lipinski definition) is 1. The maximum absolute atomic E-state index is 6.23. The van der Waals surface area contributed by atoms with Crippen LogP contribution in [0.4, 0.5) is 0 Å². The third kappa shape index (κ3) is 2.93. The van der Waals surface area contributed by atoms with Gasteiger partial charge in [-0.3, -0.25) is 0 Å². The van der Waals surface area contributed by atoms with Crippen LogP contribution in [0.3, 0.4) is 0 Å². The molecule has 1 fully saturated rings. The van der Waals surface area contributed by atoms with Crippen molar-refractivity contribution in [3.05, 3.63) is 35.9 Å². The highest BCUT2D eigenvalue weighted by atomic mass is 16.5. The highest BCUT2D eigenvalue weighted by Crippen LogP contribution is 2.39. The van der Waals surface area contributed by atoms with Gasteiger partial charge in [-0.1, -0.05) is 50.6 Å². The van der Waals surface area contributed by atoms with E-state index < -0.39 is 0 Å². The molecule has 2 atom stereocenters. The predicted molar refractivity (Wildman–Crippen MR) is 75.7 cm³/mol. The molecule has 1 aliphatic heterocycles. The van der Waals surface area contributed by atoms with Crippen molar-refractivity contribution in [3.8, 4) is 0 Å². The van der Waals surface area contributed by atoms with Crippen molar-refractivity contribution in [2.24, 2.45) is 0 Å². The lowest BCUT2D eigenvalue weighted by Crippen LogP contribution is -2.45. The third-order valence-electron chi connectivity index (χ3n) is 3.87. The molecule has 0 aliphatic carbocycles. The molecule has 1 heterocycles. The first-order valence-corrected chi connectivity index (χ1v) is 7.23. The summed E-state index contributed by atoms with van der Waals surface area (Å²) in [5.41, 5.74) is 1.27. The Morgan fingerprint density at radius 3 is 2.72 bits per heavy atom. The molecule has 0 spiro atoms. The fourth-order valence-corrected chi connectivity index (χ4v) is 3.08. The summed E-state index contributed by atoms with van der Waals surface area (Å²) in [6.07, 6.45) is 4.50. The first-order valence-electron chi connectivity index (χ1n) is 7.23. The van der Waals surface area contributed by atoms with Crippen LogP contribution in [0.5, 0.6) is 0 Å². The van der Waals surface area contributed by atoms with Crippen LogP contribution in [0, 0.1) is 0 Å². The van der Waals surface area contributed by atoms with Crippen LogP contribution in [0.1, 0.15) is 45.1 Å². The molecule has 0 radical (unpaired) electrons. The number of ether oxygens (including phenoxy) is 1. The van der Waals surface area contributed by atoms with Crippen LogP contribution >= 0.6 is 0 Å². The normalized spacial score (nSPS) is 28.2. The minimum Gasteiger partial charge on any atom is -0.370 e. The molecule has 2 unspecified atom stereocenters. The largest absolute Gasteiger partial charge is 0.370 e. The van der Waals surface area contributed by atoms with Crippen molar-refractivity contribution in [1.82, 2.24) is 5.32 Å². The second-order valence-electron chi connectivity index (χ2n) is 5.21. The second kappa shape index (κ2) is 6.35. The van der Waals surface area contributed by atoms with Crippen molar-refractivity contribution < 1.29 is 4.74 Å². The lowest BCUT2D eigenvalue weighted by molar-refractivity contribution is -0.0999. The minimum absolute atomic E-state index is 0.0684. The summed E-state index contributed by atoms with van der Waals surface area (Å²) in [6.45, 7) is 6.33. The molecule has 0 amide bonds. The molecule has 1 aliphatic rings. The summed E-state index contributed by atoms with van der Waals surface area (Å²) >= 11 is 0. The fraction of sp³-hybridized carbons (Fsp3) is 0.625. The van der Waals surface area contributed by atoms with Gasteiger partial charge in [0.05, 0.1) is 5.60 Å². The minimum atomic E-state index is -0.0684. The first kappa shape index (κ1) is 13.6. The number of hydrogen-bond acceptors (Lipinski definition) is 2. The number of nitrogens with one attached hydrogen (secondary N) is 1. The smallest absolute Gasteiger partial charge is 0.0946 e. The van der Waals surface area contributed by atoms with Crippen LogP contribution in [-0.2, 0) is 10.3 Å². The lowest BCUT2D eigenvalue weighted by atomic mass is 9.81. The molecule has 0 saturated carbocycles. The summed E-state index contributed by atoms with van der Waals surface area (Å²) in [5, 5.41) is 3.59. The molecular weight excluding hydrogens is 222 g/mol. The monoisotopic (exact) mass is 247 g/mol. The Morgan fingerprint density at radius 2 is 2.06 bits per heavy atom. The fourth-order valence-electron chi connectivity index (χ4n) is 3.08. The topological polar surface area (TPSA) is 21.3 Å². The van der Waals surface area contributed by atoms with E-state index in [1.54, 1.807) is 0 Å². The molecule has 100 valence electrons.